The molecular weight excluding hydrogens is 452 g/mol. The molecule has 0 unspecified atom stereocenters. The Morgan fingerprint density at radius 1 is 0.964 bits per heavy atom. The summed E-state index contributed by atoms with van der Waals surface area (Å²) in [6.45, 7) is 4.04. The first-order chi connectivity index (χ1) is 13.5. The van der Waals surface area contributed by atoms with Crippen molar-refractivity contribution in [2.75, 3.05) is 4.90 Å². The summed E-state index contributed by atoms with van der Waals surface area (Å²) in [5.41, 5.74) is 3.85. The van der Waals surface area contributed by atoms with Crippen LogP contribution >= 0.6 is 39.0 Å². The molecule has 0 radical (unpaired) electrons. The van der Waals surface area contributed by atoms with E-state index in [4.69, 9.17) is 4.99 Å². The molecule has 0 atom stereocenters. The number of hydrogen-bond acceptors (Lipinski definition) is 4. The van der Waals surface area contributed by atoms with E-state index in [1.807, 2.05) is 80.6 Å². The summed E-state index contributed by atoms with van der Waals surface area (Å²) in [6, 6.07) is 19.8. The zero-order valence-electron chi connectivity index (χ0n) is 15.3. The Kier molecular flexibility index (Phi) is 5.53. The molecule has 2 aromatic carbocycles. The van der Waals surface area contributed by atoms with E-state index in [-0.39, 0.29) is 5.91 Å². The van der Waals surface area contributed by atoms with Gasteiger partial charge in [-0.25, -0.2) is 4.99 Å². The Labute approximate surface area is 180 Å². The molecule has 0 N–H and O–H groups in total. The summed E-state index contributed by atoms with van der Waals surface area (Å²) in [6.07, 6.45) is 1.94. The number of thioether (sulfide) groups is 1. The molecule has 1 aliphatic rings. The minimum absolute atomic E-state index is 0.0452. The summed E-state index contributed by atoms with van der Waals surface area (Å²) in [7, 11) is 0. The Hall–Kier alpha value is -2.15. The van der Waals surface area contributed by atoms with Crippen molar-refractivity contribution in [3.63, 3.8) is 0 Å². The van der Waals surface area contributed by atoms with Crippen molar-refractivity contribution in [3.8, 4) is 0 Å². The number of amidine groups is 1. The molecule has 6 heteroatoms. The highest BCUT2D eigenvalue weighted by atomic mass is 79.9. The Balaban J connectivity index is 1.82. The fourth-order valence-corrected chi connectivity index (χ4v) is 5.32. The van der Waals surface area contributed by atoms with E-state index in [2.05, 4.69) is 15.9 Å². The molecule has 1 aromatic heterocycles. The second kappa shape index (κ2) is 8.07. The van der Waals surface area contributed by atoms with Gasteiger partial charge in [-0.2, -0.15) is 0 Å². The van der Waals surface area contributed by atoms with Crippen LogP contribution in [0.2, 0.25) is 0 Å². The van der Waals surface area contributed by atoms with Crippen molar-refractivity contribution in [2.24, 2.45) is 4.99 Å². The third kappa shape index (κ3) is 3.85. The number of aryl methyl sites for hydroxylation is 2. The van der Waals surface area contributed by atoms with E-state index in [0.717, 1.165) is 31.2 Å². The molecule has 1 saturated heterocycles. The molecule has 1 amide bonds. The quantitative estimate of drug-likeness (QED) is 0.390. The van der Waals surface area contributed by atoms with Crippen LogP contribution in [0.1, 0.15) is 16.0 Å². The summed E-state index contributed by atoms with van der Waals surface area (Å²) in [4.78, 5) is 21.6. The summed E-state index contributed by atoms with van der Waals surface area (Å²) in [5.74, 6) is -0.0452. The first kappa shape index (κ1) is 19.2. The number of benzene rings is 2. The van der Waals surface area contributed by atoms with E-state index < -0.39 is 0 Å². The summed E-state index contributed by atoms with van der Waals surface area (Å²) in [5, 5.41) is 0.676. The van der Waals surface area contributed by atoms with Crippen molar-refractivity contribution in [1.29, 1.82) is 0 Å². The predicted molar refractivity (Wildman–Crippen MR) is 125 cm³/mol. The number of carbonyl (C=O) groups is 1. The molecular formula is C22H17BrN2OS2. The van der Waals surface area contributed by atoms with Crippen LogP contribution in [0, 0.1) is 13.8 Å². The second-order valence-electron chi connectivity index (χ2n) is 6.36. The second-order valence-corrected chi connectivity index (χ2v) is 9.86. The fourth-order valence-electron chi connectivity index (χ4n) is 2.90. The third-order valence-corrected chi connectivity index (χ3v) is 6.90. The number of carbonyl (C=O) groups excluding carboxylic acids is 1. The Morgan fingerprint density at radius 2 is 1.68 bits per heavy atom. The van der Waals surface area contributed by atoms with E-state index in [0.29, 0.717) is 10.1 Å². The van der Waals surface area contributed by atoms with Crippen LogP contribution in [-0.2, 0) is 4.79 Å². The molecule has 3 nitrogen and oxygen atoms in total. The zero-order valence-corrected chi connectivity index (χ0v) is 18.6. The van der Waals surface area contributed by atoms with Crippen LogP contribution in [0.15, 0.2) is 74.3 Å². The molecule has 2 heterocycles. The van der Waals surface area contributed by atoms with Crippen LogP contribution in [0.3, 0.4) is 0 Å². The van der Waals surface area contributed by atoms with Gasteiger partial charge in [-0.05, 0) is 83.0 Å². The van der Waals surface area contributed by atoms with E-state index in [9.17, 15) is 4.79 Å². The van der Waals surface area contributed by atoms with Gasteiger partial charge in [-0.15, -0.1) is 11.3 Å². The highest BCUT2D eigenvalue weighted by Gasteiger charge is 2.35. The number of amides is 1. The lowest BCUT2D eigenvalue weighted by molar-refractivity contribution is -0.113. The largest absolute Gasteiger partial charge is 0.271 e. The first-order valence-electron chi connectivity index (χ1n) is 8.72. The summed E-state index contributed by atoms with van der Waals surface area (Å²) >= 11 is 6.50. The normalized spacial score (nSPS) is 17.1. The van der Waals surface area contributed by atoms with Gasteiger partial charge in [0.25, 0.3) is 5.91 Å². The van der Waals surface area contributed by atoms with Crippen LogP contribution in [0.4, 0.5) is 11.4 Å². The van der Waals surface area contributed by atoms with Gasteiger partial charge in [-0.1, -0.05) is 36.4 Å². The zero-order chi connectivity index (χ0) is 19.7. The first-order valence-corrected chi connectivity index (χ1v) is 11.1. The molecule has 1 aliphatic heterocycles. The van der Waals surface area contributed by atoms with Crippen molar-refractivity contribution in [1.82, 2.24) is 0 Å². The van der Waals surface area contributed by atoms with Crippen molar-refractivity contribution < 1.29 is 4.79 Å². The van der Waals surface area contributed by atoms with Crippen molar-refractivity contribution in [2.45, 2.75) is 13.8 Å². The maximum atomic E-state index is 13.3. The summed E-state index contributed by atoms with van der Waals surface area (Å²) < 4.78 is 1.04. The number of para-hydroxylation sites is 2. The van der Waals surface area contributed by atoms with Gasteiger partial charge >= 0.3 is 0 Å². The Morgan fingerprint density at radius 3 is 2.36 bits per heavy atom. The maximum Gasteiger partial charge on any atom is 0.271 e. The van der Waals surface area contributed by atoms with E-state index in [1.165, 1.54) is 11.8 Å². The molecule has 3 aromatic rings. The van der Waals surface area contributed by atoms with Crippen molar-refractivity contribution in [3.05, 3.63) is 85.4 Å². The van der Waals surface area contributed by atoms with E-state index in [1.54, 1.807) is 16.2 Å². The number of rotatable bonds is 3. The molecule has 0 saturated carbocycles. The molecule has 4 rings (SSSR count). The van der Waals surface area contributed by atoms with E-state index >= 15 is 0 Å². The topological polar surface area (TPSA) is 32.7 Å². The molecule has 0 spiro atoms. The van der Waals surface area contributed by atoms with Gasteiger partial charge in [-0.3, -0.25) is 9.69 Å². The number of thiophene rings is 1. The highest BCUT2D eigenvalue weighted by molar-refractivity contribution is 9.11. The monoisotopic (exact) mass is 468 g/mol. The molecule has 0 aliphatic carbocycles. The molecule has 140 valence electrons. The van der Waals surface area contributed by atoms with Gasteiger partial charge < -0.3 is 0 Å². The van der Waals surface area contributed by atoms with Gasteiger partial charge in [0.1, 0.15) is 0 Å². The lowest BCUT2D eigenvalue weighted by atomic mass is 10.2. The average molecular weight is 469 g/mol. The maximum absolute atomic E-state index is 13.3. The molecule has 0 bridgehead atoms. The molecule has 28 heavy (non-hydrogen) atoms. The average Bonchev–Trinajstić information content (AvgIpc) is 3.21. The van der Waals surface area contributed by atoms with Gasteiger partial charge in [0.05, 0.1) is 20.1 Å². The number of hydrogen-bond donors (Lipinski definition) is 0. The van der Waals surface area contributed by atoms with Crippen LogP contribution in [-0.4, -0.2) is 11.1 Å². The predicted octanol–water partition coefficient (Wildman–Crippen LogP) is 6.94. The SMILES string of the molecule is Cc1ccccc1N=C1S/C(=C\c2ccc(Br)s2)C(=O)N1c1ccccc1C. The fraction of sp³-hybridized carbons (Fsp3) is 0.0909. The van der Waals surface area contributed by atoms with Crippen LogP contribution in [0.5, 0.6) is 0 Å². The van der Waals surface area contributed by atoms with Gasteiger partial charge in [0.15, 0.2) is 5.17 Å². The number of nitrogens with zero attached hydrogens (tertiary/aromatic N) is 2. The lowest BCUT2D eigenvalue weighted by Crippen LogP contribution is -2.29. The van der Waals surface area contributed by atoms with Crippen molar-refractivity contribution >= 4 is 67.6 Å². The highest BCUT2D eigenvalue weighted by Crippen LogP contribution is 2.39. The number of aliphatic imine (C=N–C) groups is 1. The minimum atomic E-state index is -0.0452. The smallest absolute Gasteiger partial charge is 0.268 e. The standard InChI is InChI=1S/C22H17BrN2OS2/c1-14-7-3-5-9-17(14)24-22-25(18-10-6-4-8-15(18)2)21(26)19(28-22)13-16-11-12-20(23)27-16/h3-13H,1-2H3/b19-13-,24-22?. The number of anilines is 1. The van der Waals surface area contributed by atoms with Gasteiger partial charge in [0, 0.05) is 4.88 Å². The third-order valence-electron chi connectivity index (χ3n) is 4.36. The van der Waals surface area contributed by atoms with Gasteiger partial charge in [0.2, 0.25) is 0 Å². The number of halogens is 1. The Bertz CT molecular complexity index is 1120. The van der Waals surface area contributed by atoms with Crippen LogP contribution in [0.25, 0.3) is 6.08 Å². The molecule has 1 fully saturated rings. The minimum Gasteiger partial charge on any atom is -0.268 e. The lowest BCUT2D eigenvalue weighted by Gasteiger charge is -2.18. The van der Waals surface area contributed by atoms with Crippen LogP contribution < -0.4 is 4.90 Å².